The first-order valence-electron chi connectivity index (χ1n) is 3.95. The molecule has 1 saturated carbocycles. The Morgan fingerprint density at radius 3 is 2.73 bits per heavy atom. The third kappa shape index (κ3) is 1.09. The zero-order chi connectivity index (χ0) is 7.68. The van der Waals surface area contributed by atoms with Gasteiger partial charge in [-0.25, -0.2) is 0 Å². The fourth-order valence-corrected chi connectivity index (χ4v) is 1.34. The highest BCUT2D eigenvalue weighted by atomic mass is 16.3. The molecule has 1 aliphatic carbocycles. The molecule has 2 heteroatoms. The molecular formula is C9H10O2. The quantitative estimate of drug-likeness (QED) is 0.606. The molecule has 0 radical (unpaired) electrons. The molecule has 2 rings (SSSR count). The summed E-state index contributed by atoms with van der Waals surface area (Å²) in [6.45, 7) is 0. The minimum absolute atomic E-state index is 0.451. The van der Waals surface area contributed by atoms with E-state index in [1.807, 2.05) is 6.07 Å². The third-order valence-electron chi connectivity index (χ3n) is 2.27. The van der Waals surface area contributed by atoms with Gasteiger partial charge in [-0.1, -0.05) is 6.42 Å². The molecule has 1 aromatic heterocycles. The lowest BCUT2D eigenvalue weighted by atomic mass is 9.84. The highest BCUT2D eigenvalue weighted by Crippen LogP contribution is 2.36. The zero-order valence-corrected chi connectivity index (χ0v) is 6.25. The van der Waals surface area contributed by atoms with Crippen molar-refractivity contribution in [1.29, 1.82) is 0 Å². The lowest BCUT2D eigenvalue weighted by Gasteiger charge is -2.22. The van der Waals surface area contributed by atoms with Crippen LogP contribution in [-0.4, -0.2) is 6.29 Å². The minimum atomic E-state index is 0.451. The van der Waals surface area contributed by atoms with Crippen LogP contribution in [0, 0.1) is 0 Å². The van der Waals surface area contributed by atoms with Gasteiger partial charge in [0.2, 0.25) is 0 Å². The summed E-state index contributed by atoms with van der Waals surface area (Å²) in [6.07, 6.45) is 4.47. The molecule has 11 heavy (non-hydrogen) atoms. The van der Waals surface area contributed by atoms with E-state index in [1.165, 1.54) is 19.3 Å². The molecular weight excluding hydrogens is 140 g/mol. The van der Waals surface area contributed by atoms with Crippen LogP contribution in [0.4, 0.5) is 0 Å². The van der Waals surface area contributed by atoms with Crippen LogP contribution in [0.2, 0.25) is 0 Å². The van der Waals surface area contributed by atoms with E-state index >= 15 is 0 Å². The molecule has 0 atom stereocenters. The average Bonchev–Trinajstić information content (AvgIpc) is 2.32. The first kappa shape index (κ1) is 6.65. The van der Waals surface area contributed by atoms with Gasteiger partial charge in [0.25, 0.3) is 0 Å². The largest absolute Gasteiger partial charge is 0.458 e. The predicted octanol–water partition coefficient (Wildman–Crippen LogP) is 2.36. The molecule has 1 aromatic rings. The standard InChI is InChI=1S/C9H10O2/c10-6-8-4-5-9(11-8)7-2-1-3-7/h4-7H,1-3H2. The van der Waals surface area contributed by atoms with Gasteiger partial charge in [-0.05, 0) is 25.0 Å². The van der Waals surface area contributed by atoms with Crippen molar-refractivity contribution in [2.75, 3.05) is 0 Å². The van der Waals surface area contributed by atoms with Gasteiger partial charge in [-0.2, -0.15) is 0 Å². The first-order chi connectivity index (χ1) is 5.40. The molecule has 0 unspecified atom stereocenters. The lowest BCUT2D eigenvalue weighted by molar-refractivity contribution is 0.109. The maximum atomic E-state index is 10.3. The van der Waals surface area contributed by atoms with Crippen molar-refractivity contribution in [2.24, 2.45) is 0 Å². The molecule has 1 heterocycles. The third-order valence-corrected chi connectivity index (χ3v) is 2.27. The van der Waals surface area contributed by atoms with Gasteiger partial charge in [0.05, 0.1) is 0 Å². The van der Waals surface area contributed by atoms with E-state index < -0.39 is 0 Å². The molecule has 0 amide bonds. The van der Waals surface area contributed by atoms with Crippen molar-refractivity contribution < 1.29 is 9.21 Å². The molecule has 1 aliphatic rings. The number of aldehydes is 1. The van der Waals surface area contributed by atoms with Crippen molar-refractivity contribution in [1.82, 2.24) is 0 Å². The number of carbonyl (C=O) groups excluding carboxylic acids is 1. The Morgan fingerprint density at radius 1 is 1.45 bits per heavy atom. The second-order valence-corrected chi connectivity index (χ2v) is 2.99. The summed E-state index contributed by atoms with van der Waals surface area (Å²) >= 11 is 0. The Kier molecular flexibility index (Phi) is 1.53. The van der Waals surface area contributed by atoms with Gasteiger partial charge in [0.15, 0.2) is 12.0 Å². The van der Waals surface area contributed by atoms with E-state index in [4.69, 9.17) is 4.42 Å². The molecule has 0 bridgehead atoms. The second kappa shape index (κ2) is 2.53. The van der Waals surface area contributed by atoms with Crippen LogP contribution in [0.15, 0.2) is 16.5 Å². The van der Waals surface area contributed by atoms with E-state index in [-0.39, 0.29) is 0 Å². The van der Waals surface area contributed by atoms with Gasteiger partial charge in [0.1, 0.15) is 5.76 Å². The SMILES string of the molecule is O=Cc1ccc(C2CCC2)o1. The monoisotopic (exact) mass is 150 g/mol. The van der Waals surface area contributed by atoms with Gasteiger partial charge in [-0.3, -0.25) is 4.79 Å². The summed E-state index contributed by atoms with van der Waals surface area (Å²) in [5.74, 6) is 2.02. The summed E-state index contributed by atoms with van der Waals surface area (Å²) in [4.78, 5) is 10.3. The number of hydrogen-bond acceptors (Lipinski definition) is 2. The van der Waals surface area contributed by atoms with E-state index in [0.29, 0.717) is 11.7 Å². The minimum Gasteiger partial charge on any atom is -0.458 e. The van der Waals surface area contributed by atoms with Gasteiger partial charge >= 0.3 is 0 Å². The van der Waals surface area contributed by atoms with Crippen LogP contribution in [-0.2, 0) is 0 Å². The van der Waals surface area contributed by atoms with E-state index in [2.05, 4.69) is 0 Å². The van der Waals surface area contributed by atoms with Crippen LogP contribution >= 0.6 is 0 Å². The number of hydrogen-bond donors (Lipinski definition) is 0. The van der Waals surface area contributed by atoms with Crippen molar-refractivity contribution in [2.45, 2.75) is 25.2 Å². The lowest BCUT2D eigenvalue weighted by Crippen LogP contribution is -2.07. The topological polar surface area (TPSA) is 30.2 Å². The molecule has 0 aliphatic heterocycles. The molecule has 2 nitrogen and oxygen atoms in total. The van der Waals surface area contributed by atoms with Crippen molar-refractivity contribution >= 4 is 6.29 Å². The van der Waals surface area contributed by atoms with Gasteiger partial charge in [0, 0.05) is 5.92 Å². The maximum Gasteiger partial charge on any atom is 0.185 e. The Hall–Kier alpha value is -1.05. The zero-order valence-electron chi connectivity index (χ0n) is 6.25. The highest BCUT2D eigenvalue weighted by molar-refractivity contribution is 5.70. The van der Waals surface area contributed by atoms with Crippen molar-refractivity contribution in [3.8, 4) is 0 Å². The Bertz CT molecular complexity index is 258. The summed E-state index contributed by atoms with van der Waals surface area (Å²) in [7, 11) is 0. The van der Waals surface area contributed by atoms with E-state index in [0.717, 1.165) is 12.0 Å². The summed E-state index contributed by atoms with van der Waals surface area (Å²) < 4.78 is 5.27. The molecule has 0 N–H and O–H groups in total. The fraction of sp³-hybridized carbons (Fsp3) is 0.444. The van der Waals surface area contributed by atoms with Crippen molar-refractivity contribution in [3.63, 3.8) is 0 Å². The molecule has 0 aromatic carbocycles. The maximum absolute atomic E-state index is 10.3. The summed E-state index contributed by atoms with van der Waals surface area (Å²) in [5.41, 5.74) is 0. The van der Waals surface area contributed by atoms with Crippen molar-refractivity contribution in [3.05, 3.63) is 23.7 Å². The van der Waals surface area contributed by atoms with E-state index in [9.17, 15) is 4.79 Å². The number of rotatable bonds is 2. The molecule has 58 valence electrons. The number of furan rings is 1. The fourth-order valence-electron chi connectivity index (χ4n) is 1.34. The summed E-state index contributed by atoms with van der Waals surface area (Å²) in [6, 6.07) is 3.65. The van der Waals surface area contributed by atoms with Crippen LogP contribution in [0.5, 0.6) is 0 Å². The van der Waals surface area contributed by atoms with Gasteiger partial charge in [-0.15, -0.1) is 0 Å². The Morgan fingerprint density at radius 2 is 2.27 bits per heavy atom. The number of carbonyl (C=O) groups is 1. The normalized spacial score (nSPS) is 17.8. The first-order valence-corrected chi connectivity index (χ1v) is 3.95. The van der Waals surface area contributed by atoms with Gasteiger partial charge < -0.3 is 4.42 Å². The molecule has 1 fully saturated rings. The van der Waals surface area contributed by atoms with Crippen LogP contribution < -0.4 is 0 Å². The highest BCUT2D eigenvalue weighted by Gasteiger charge is 2.22. The molecule has 0 saturated heterocycles. The predicted molar refractivity (Wildman–Crippen MR) is 40.7 cm³/mol. The molecule has 0 spiro atoms. The smallest absolute Gasteiger partial charge is 0.185 e. The van der Waals surface area contributed by atoms with E-state index in [1.54, 1.807) is 6.07 Å². The Balaban J connectivity index is 2.17. The van der Waals surface area contributed by atoms with Crippen LogP contribution in [0.25, 0.3) is 0 Å². The Labute approximate surface area is 65.2 Å². The second-order valence-electron chi connectivity index (χ2n) is 2.99. The summed E-state index contributed by atoms with van der Waals surface area (Å²) in [5, 5.41) is 0. The van der Waals surface area contributed by atoms with Crippen LogP contribution in [0.3, 0.4) is 0 Å². The average molecular weight is 150 g/mol. The van der Waals surface area contributed by atoms with Crippen LogP contribution in [0.1, 0.15) is 41.5 Å².